The zero-order chi connectivity index (χ0) is 12.1. The van der Waals surface area contributed by atoms with Crippen molar-refractivity contribution in [3.63, 3.8) is 0 Å². The second kappa shape index (κ2) is 5.07. The lowest BCUT2D eigenvalue weighted by atomic mass is 10.1. The predicted octanol–water partition coefficient (Wildman–Crippen LogP) is 1.74. The molecule has 0 saturated carbocycles. The van der Waals surface area contributed by atoms with E-state index in [1.807, 2.05) is 18.2 Å². The van der Waals surface area contributed by atoms with Gasteiger partial charge in [0.2, 0.25) is 0 Å². The Labute approximate surface area is 98.9 Å². The van der Waals surface area contributed by atoms with Crippen LogP contribution >= 0.6 is 0 Å². The summed E-state index contributed by atoms with van der Waals surface area (Å²) >= 11 is 0. The first-order valence-electron chi connectivity index (χ1n) is 5.12. The van der Waals surface area contributed by atoms with Crippen molar-refractivity contribution in [2.45, 2.75) is 0 Å². The van der Waals surface area contributed by atoms with Crippen molar-refractivity contribution in [2.24, 2.45) is 5.16 Å². The van der Waals surface area contributed by atoms with Crippen LogP contribution < -0.4 is 5.32 Å². The Morgan fingerprint density at radius 1 is 1.24 bits per heavy atom. The lowest BCUT2D eigenvalue weighted by Crippen LogP contribution is -2.05. The number of hydrogen-bond donors (Lipinski definition) is 2. The number of oxime groups is 1. The summed E-state index contributed by atoms with van der Waals surface area (Å²) in [4.78, 5) is 8.16. The standard InChI is InChI=1S/C12H12N4O/c1-13-11-5-4-10(8-15-11)12(16-17)9-3-2-6-14-7-9/h2-8,17H,1H3,(H,13,15)/b16-12+. The highest BCUT2D eigenvalue weighted by Gasteiger charge is 2.07. The SMILES string of the molecule is CNc1ccc(/C(=N/O)c2cccnc2)cn1. The van der Waals surface area contributed by atoms with Crippen LogP contribution in [-0.4, -0.2) is 27.9 Å². The van der Waals surface area contributed by atoms with Gasteiger partial charge in [0.25, 0.3) is 0 Å². The minimum absolute atomic E-state index is 0.452. The summed E-state index contributed by atoms with van der Waals surface area (Å²) in [7, 11) is 1.80. The number of anilines is 1. The highest BCUT2D eigenvalue weighted by molar-refractivity contribution is 6.12. The quantitative estimate of drug-likeness (QED) is 0.477. The number of nitrogens with one attached hydrogen (secondary N) is 1. The van der Waals surface area contributed by atoms with Crippen LogP contribution in [0, 0.1) is 0 Å². The molecule has 0 unspecified atom stereocenters. The van der Waals surface area contributed by atoms with E-state index in [9.17, 15) is 0 Å². The largest absolute Gasteiger partial charge is 0.410 e. The molecule has 86 valence electrons. The Kier molecular flexibility index (Phi) is 3.30. The first kappa shape index (κ1) is 11.1. The van der Waals surface area contributed by atoms with Crippen LogP contribution in [0.1, 0.15) is 11.1 Å². The van der Waals surface area contributed by atoms with Crippen LogP contribution in [0.4, 0.5) is 5.82 Å². The second-order valence-corrected chi connectivity index (χ2v) is 3.37. The molecule has 2 rings (SSSR count). The maximum Gasteiger partial charge on any atom is 0.125 e. The van der Waals surface area contributed by atoms with Gasteiger partial charge in [0.15, 0.2) is 0 Å². The predicted molar refractivity (Wildman–Crippen MR) is 65.4 cm³/mol. The molecule has 0 amide bonds. The van der Waals surface area contributed by atoms with Crippen LogP contribution in [0.15, 0.2) is 48.0 Å². The summed E-state index contributed by atoms with van der Waals surface area (Å²) in [6.45, 7) is 0. The van der Waals surface area contributed by atoms with Gasteiger partial charge in [-0.05, 0) is 24.3 Å². The minimum atomic E-state index is 0.452. The van der Waals surface area contributed by atoms with E-state index in [0.717, 1.165) is 16.9 Å². The van der Waals surface area contributed by atoms with Crippen molar-refractivity contribution >= 4 is 11.5 Å². The van der Waals surface area contributed by atoms with Crippen LogP contribution in [-0.2, 0) is 0 Å². The summed E-state index contributed by atoms with van der Waals surface area (Å²) < 4.78 is 0. The number of hydrogen-bond acceptors (Lipinski definition) is 5. The van der Waals surface area contributed by atoms with Crippen molar-refractivity contribution in [1.82, 2.24) is 9.97 Å². The lowest BCUT2D eigenvalue weighted by Gasteiger charge is -2.05. The van der Waals surface area contributed by atoms with Crippen LogP contribution in [0.25, 0.3) is 0 Å². The van der Waals surface area contributed by atoms with Crippen LogP contribution in [0.5, 0.6) is 0 Å². The molecule has 0 aromatic carbocycles. The Balaban J connectivity index is 2.37. The van der Waals surface area contributed by atoms with E-state index in [1.165, 1.54) is 0 Å². The Morgan fingerprint density at radius 3 is 2.59 bits per heavy atom. The van der Waals surface area contributed by atoms with E-state index in [-0.39, 0.29) is 0 Å². The third-order valence-electron chi connectivity index (χ3n) is 2.33. The Morgan fingerprint density at radius 2 is 2.06 bits per heavy atom. The smallest absolute Gasteiger partial charge is 0.125 e. The second-order valence-electron chi connectivity index (χ2n) is 3.37. The average molecular weight is 228 g/mol. The van der Waals surface area contributed by atoms with E-state index in [4.69, 9.17) is 5.21 Å². The molecule has 2 heterocycles. The maximum atomic E-state index is 9.08. The van der Waals surface area contributed by atoms with Crippen molar-refractivity contribution < 1.29 is 5.21 Å². The molecule has 0 saturated heterocycles. The molecule has 0 aliphatic carbocycles. The fraction of sp³-hybridized carbons (Fsp3) is 0.0833. The molecule has 17 heavy (non-hydrogen) atoms. The lowest BCUT2D eigenvalue weighted by molar-refractivity contribution is 0.319. The number of rotatable bonds is 3. The summed E-state index contributed by atoms with van der Waals surface area (Å²) in [5.41, 5.74) is 1.93. The molecule has 0 radical (unpaired) electrons. The fourth-order valence-corrected chi connectivity index (χ4v) is 1.47. The maximum absolute atomic E-state index is 9.08. The van der Waals surface area contributed by atoms with Crippen molar-refractivity contribution in [1.29, 1.82) is 0 Å². The third kappa shape index (κ3) is 2.39. The van der Waals surface area contributed by atoms with Crippen LogP contribution in [0.3, 0.4) is 0 Å². The van der Waals surface area contributed by atoms with Gasteiger partial charge in [-0.15, -0.1) is 0 Å². The third-order valence-corrected chi connectivity index (χ3v) is 2.33. The van der Waals surface area contributed by atoms with Gasteiger partial charge in [0.1, 0.15) is 11.5 Å². The van der Waals surface area contributed by atoms with E-state index < -0.39 is 0 Å². The van der Waals surface area contributed by atoms with E-state index in [2.05, 4.69) is 20.4 Å². The molecule has 5 heteroatoms. The van der Waals surface area contributed by atoms with Crippen LogP contribution in [0.2, 0.25) is 0 Å². The van der Waals surface area contributed by atoms with Gasteiger partial charge in [0, 0.05) is 36.8 Å². The molecule has 2 N–H and O–H groups in total. The molecule has 2 aromatic heterocycles. The molecule has 2 aromatic rings. The van der Waals surface area contributed by atoms with E-state index in [1.54, 1.807) is 31.7 Å². The fourth-order valence-electron chi connectivity index (χ4n) is 1.47. The molecule has 5 nitrogen and oxygen atoms in total. The molecule has 0 fully saturated rings. The summed E-state index contributed by atoms with van der Waals surface area (Å²) in [5, 5.41) is 15.3. The molecule has 0 aliphatic heterocycles. The number of pyridine rings is 2. The molecular weight excluding hydrogens is 216 g/mol. The van der Waals surface area contributed by atoms with Crippen molar-refractivity contribution in [3.8, 4) is 0 Å². The molecule has 0 bridgehead atoms. The van der Waals surface area contributed by atoms with Gasteiger partial charge in [-0.1, -0.05) is 5.16 Å². The normalized spacial score (nSPS) is 11.2. The van der Waals surface area contributed by atoms with E-state index in [0.29, 0.717) is 5.71 Å². The summed E-state index contributed by atoms with van der Waals surface area (Å²) in [6.07, 6.45) is 4.95. The molecular formula is C12H12N4O. The van der Waals surface area contributed by atoms with Crippen molar-refractivity contribution in [3.05, 3.63) is 54.0 Å². The average Bonchev–Trinajstić information content (AvgIpc) is 2.42. The van der Waals surface area contributed by atoms with Gasteiger partial charge in [0.05, 0.1) is 0 Å². The zero-order valence-corrected chi connectivity index (χ0v) is 9.33. The minimum Gasteiger partial charge on any atom is -0.410 e. The van der Waals surface area contributed by atoms with Gasteiger partial charge >= 0.3 is 0 Å². The Hall–Kier alpha value is -2.43. The molecule has 0 atom stereocenters. The zero-order valence-electron chi connectivity index (χ0n) is 9.33. The highest BCUT2D eigenvalue weighted by Crippen LogP contribution is 2.11. The molecule has 0 aliphatic rings. The monoisotopic (exact) mass is 228 g/mol. The number of nitrogens with zero attached hydrogens (tertiary/aromatic N) is 3. The first-order chi connectivity index (χ1) is 8.35. The summed E-state index contributed by atoms with van der Waals surface area (Å²) in [6, 6.07) is 7.27. The van der Waals surface area contributed by atoms with Gasteiger partial charge in [-0.2, -0.15) is 0 Å². The highest BCUT2D eigenvalue weighted by atomic mass is 16.4. The molecule has 0 spiro atoms. The van der Waals surface area contributed by atoms with Gasteiger partial charge in [-0.3, -0.25) is 4.98 Å². The first-order valence-corrected chi connectivity index (χ1v) is 5.12. The summed E-state index contributed by atoms with van der Waals surface area (Å²) in [5.74, 6) is 0.761. The van der Waals surface area contributed by atoms with E-state index >= 15 is 0 Å². The van der Waals surface area contributed by atoms with Gasteiger partial charge < -0.3 is 10.5 Å². The number of aromatic nitrogens is 2. The topological polar surface area (TPSA) is 70.4 Å². The Bertz CT molecular complexity index is 508. The van der Waals surface area contributed by atoms with Gasteiger partial charge in [-0.25, -0.2) is 4.98 Å². The van der Waals surface area contributed by atoms with Crippen molar-refractivity contribution in [2.75, 3.05) is 12.4 Å².